The van der Waals surface area contributed by atoms with Crippen LogP contribution >= 0.6 is 0 Å². The highest BCUT2D eigenvalue weighted by Gasteiger charge is 2.28. The van der Waals surface area contributed by atoms with Crippen LogP contribution < -0.4 is 0 Å². The number of aliphatic hydroxyl groups is 1. The van der Waals surface area contributed by atoms with Crippen molar-refractivity contribution in [1.82, 2.24) is 15.0 Å². The Hall–Kier alpha value is -3.84. The summed E-state index contributed by atoms with van der Waals surface area (Å²) in [6.45, 7) is 3.84. The number of aromatic carboxylic acids is 1. The first-order valence-electron chi connectivity index (χ1n) is 10.4. The van der Waals surface area contributed by atoms with Crippen molar-refractivity contribution in [1.29, 1.82) is 0 Å². The summed E-state index contributed by atoms with van der Waals surface area (Å²) < 4.78 is 14.5. The number of halogens is 1. The third-order valence-corrected chi connectivity index (χ3v) is 5.89. The van der Waals surface area contributed by atoms with Crippen molar-refractivity contribution in [2.45, 2.75) is 26.4 Å². The molecule has 0 amide bonds. The van der Waals surface area contributed by atoms with E-state index in [-0.39, 0.29) is 18.2 Å². The van der Waals surface area contributed by atoms with Gasteiger partial charge in [-0.3, -0.25) is 0 Å². The van der Waals surface area contributed by atoms with E-state index in [0.717, 1.165) is 27.4 Å². The van der Waals surface area contributed by atoms with Gasteiger partial charge in [0.05, 0.1) is 12.3 Å². The van der Waals surface area contributed by atoms with Gasteiger partial charge in [0, 0.05) is 44.8 Å². The molecule has 0 aliphatic rings. The lowest BCUT2D eigenvalue weighted by atomic mass is 9.89. The maximum atomic E-state index is 14.5. The van der Waals surface area contributed by atoms with E-state index < -0.39 is 11.8 Å². The normalized spacial score (nSPS) is 11.8. The molecule has 0 spiro atoms. The minimum atomic E-state index is -1.09. The molecule has 162 valence electrons. The summed E-state index contributed by atoms with van der Waals surface area (Å²) in [6.07, 6.45) is 1.74. The molecule has 0 atom stereocenters. The van der Waals surface area contributed by atoms with Gasteiger partial charge in [0.1, 0.15) is 11.5 Å². The highest BCUT2D eigenvalue weighted by atomic mass is 19.1. The van der Waals surface area contributed by atoms with Gasteiger partial charge in [-0.2, -0.15) is 0 Å². The lowest BCUT2D eigenvalue weighted by molar-refractivity contribution is 0.0692. The van der Waals surface area contributed by atoms with E-state index in [1.165, 1.54) is 12.1 Å². The molecule has 0 radical (unpaired) electrons. The number of hydrogen-bond donors (Lipinski definition) is 5. The molecule has 0 saturated carbocycles. The molecule has 3 heterocycles. The average Bonchev–Trinajstić information content (AvgIpc) is 3.48. The van der Waals surface area contributed by atoms with Gasteiger partial charge in [-0.25, -0.2) is 9.18 Å². The number of H-pyrrole nitrogens is 3. The van der Waals surface area contributed by atoms with Crippen LogP contribution in [0.15, 0.2) is 48.7 Å². The molecule has 0 aliphatic heterocycles. The summed E-state index contributed by atoms with van der Waals surface area (Å²) in [7, 11) is 0. The molecular formula is C25H22FN3O3. The fourth-order valence-electron chi connectivity index (χ4n) is 4.60. The van der Waals surface area contributed by atoms with Crippen LogP contribution in [0, 0.1) is 5.82 Å². The van der Waals surface area contributed by atoms with E-state index in [0.29, 0.717) is 28.0 Å². The fourth-order valence-corrected chi connectivity index (χ4v) is 4.60. The number of nitrogens with one attached hydrogen (secondary N) is 3. The molecule has 3 aromatic heterocycles. The first kappa shape index (κ1) is 20.1. The van der Waals surface area contributed by atoms with Gasteiger partial charge in [-0.1, -0.05) is 26.0 Å². The van der Waals surface area contributed by atoms with E-state index in [4.69, 9.17) is 0 Å². The fraction of sp³-hybridized carbons (Fsp3) is 0.160. The van der Waals surface area contributed by atoms with Gasteiger partial charge in [0.2, 0.25) is 0 Å². The molecular weight excluding hydrogens is 409 g/mol. The van der Waals surface area contributed by atoms with Crippen LogP contribution in [0.2, 0.25) is 0 Å². The zero-order chi connectivity index (χ0) is 22.6. The summed E-state index contributed by atoms with van der Waals surface area (Å²) in [4.78, 5) is 21.6. The summed E-state index contributed by atoms with van der Waals surface area (Å²) >= 11 is 0. The van der Waals surface area contributed by atoms with Gasteiger partial charge in [-0.15, -0.1) is 0 Å². The molecule has 0 bridgehead atoms. The molecule has 6 nitrogen and oxygen atoms in total. The van der Waals surface area contributed by atoms with Gasteiger partial charge in [-0.05, 0) is 47.4 Å². The second-order valence-electron chi connectivity index (χ2n) is 8.24. The lowest BCUT2D eigenvalue weighted by Crippen LogP contribution is -2.00. The molecule has 5 rings (SSSR count). The van der Waals surface area contributed by atoms with Crippen molar-refractivity contribution in [3.05, 3.63) is 71.4 Å². The Morgan fingerprint density at radius 3 is 2.56 bits per heavy atom. The van der Waals surface area contributed by atoms with Crippen molar-refractivity contribution < 1.29 is 19.4 Å². The predicted molar refractivity (Wildman–Crippen MR) is 122 cm³/mol. The topological polar surface area (TPSA) is 105 Å². The molecule has 2 aromatic carbocycles. The Balaban J connectivity index is 1.89. The number of carbonyl (C=O) groups is 1. The van der Waals surface area contributed by atoms with Crippen molar-refractivity contribution >= 4 is 27.8 Å². The highest BCUT2D eigenvalue weighted by molar-refractivity contribution is 6.07. The first-order valence-corrected chi connectivity index (χ1v) is 10.4. The molecule has 0 aliphatic carbocycles. The number of aliphatic hydroxyl groups excluding tert-OH is 1. The molecule has 5 N–H and O–H groups in total. The minimum absolute atomic E-state index is 0.0480. The highest BCUT2D eigenvalue weighted by Crippen LogP contribution is 2.44. The quantitative estimate of drug-likeness (QED) is 0.244. The number of carboxylic acids is 1. The van der Waals surface area contributed by atoms with Crippen molar-refractivity contribution in [2.75, 3.05) is 0 Å². The number of carboxylic acid groups (broad SMARTS) is 1. The van der Waals surface area contributed by atoms with E-state index in [9.17, 15) is 19.4 Å². The molecule has 32 heavy (non-hydrogen) atoms. The largest absolute Gasteiger partial charge is 0.477 e. The second kappa shape index (κ2) is 7.39. The second-order valence-corrected chi connectivity index (χ2v) is 8.24. The van der Waals surface area contributed by atoms with Crippen molar-refractivity contribution in [3.8, 4) is 22.4 Å². The van der Waals surface area contributed by atoms with Gasteiger partial charge in [0.25, 0.3) is 0 Å². The van der Waals surface area contributed by atoms with Crippen LogP contribution in [0.4, 0.5) is 4.39 Å². The van der Waals surface area contributed by atoms with Crippen molar-refractivity contribution in [2.24, 2.45) is 0 Å². The SMILES string of the molecule is CC(C)c1c(-c2cc(F)cc3[nH]ccc23)[nH]c(C(=O)O)c1-c1cccc2[nH]c(CO)cc12. The minimum Gasteiger partial charge on any atom is -0.477 e. The van der Waals surface area contributed by atoms with Gasteiger partial charge >= 0.3 is 5.97 Å². The van der Waals surface area contributed by atoms with Crippen LogP contribution in [0.3, 0.4) is 0 Å². The molecule has 5 aromatic rings. The Kier molecular flexibility index (Phi) is 4.64. The number of aromatic nitrogens is 3. The van der Waals surface area contributed by atoms with Gasteiger partial charge in [0.15, 0.2) is 0 Å². The predicted octanol–water partition coefficient (Wildman–Crippen LogP) is 5.76. The van der Waals surface area contributed by atoms with Crippen LogP contribution in [0.25, 0.3) is 44.2 Å². The average molecular weight is 431 g/mol. The number of fused-ring (bicyclic) bond motifs is 2. The van der Waals surface area contributed by atoms with Crippen LogP contribution in [0.5, 0.6) is 0 Å². The Morgan fingerprint density at radius 2 is 1.84 bits per heavy atom. The standard InChI is InChI=1S/C25H22FN3O3/c1-12(2)21-22(16-4-3-5-19-17(16)10-14(11-30)28-19)24(25(31)32)29-23(21)18-8-13(26)9-20-15(18)6-7-27-20/h3-10,12,27-30H,11H2,1-2H3,(H,31,32). The third kappa shape index (κ3) is 3.01. The van der Waals surface area contributed by atoms with Crippen LogP contribution in [0.1, 0.15) is 41.5 Å². The first-order chi connectivity index (χ1) is 15.4. The maximum absolute atomic E-state index is 14.5. The van der Waals surface area contributed by atoms with Crippen molar-refractivity contribution in [3.63, 3.8) is 0 Å². The molecule has 0 unspecified atom stereocenters. The maximum Gasteiger partial charge on any atom is 0.352 e. The number of rotatable bonds is 5. The zero-order valence-electron chi connectivity index (χ0n) is 17.6. The number of hydrogen-bond acceptors (Lipinski definition) is 2. The van der Waals surface area contributed by atoms with E-state index in [1.54, 1.807) is 6.20 Å². The molecule has 0 fully saturated rings. The van der Waals surface area contributed by atoms with E-state index in [1.807, 2.05) is 44.2 Å². The lowest BCUT2D eigenvalue weighted by Gasteiger charge is -2.13. The van der Waals surface area contributed by atoms with E-state index in [2.05, 4.69) is 15.0 Å². The number of benzene rings is 2. The Morgan fingerprint density at radius 1 is 1.03 bits per heavy atom. The Labute approximate surface area is 182 Å². The molecule has 7 heteroatoms. The Bertz CT molecular complexity index is 1490. The zero-order valence-corrected chi connectivity index (χ0v) is 17.6. The van der Waals surface area contributed by atoms with Crippen LogP contribution in [-0.2, 0) is 6.61 Å². The smallest absolute Gasteiger partial charge is 0.352 e. The van der Waals surface area contributed by atoms with Gasteiger partial charge < -0.3 is 25.2 Å². The van der Waals surface area contributed by atoms with E-state index >= 15 is 0 Å². The molecule has 0 saturated heterocycles. The monoisotopic (exact) mass is 431 g/mol. The number of aromatic amines is 3. The summed E-state index contributed by atoms with van der Waals surface area (Å²) in [5, 5.41) is 21.3. The summed E-state index contributed by atoms with van der Waals surface area (Å²) in [5.74, 6) is -1.55. The third-order valence-electron chi connectivity index (χ3n) is 5.89. The summed E-state index contributed by atoms with van der Waals surface area (Å²) in [6, 6.07) is 12.2. The van der Waals surface area contributed by atoms with Crippen LogP contribution in [-0.4, -0.2) is 31.1 Å². The summed E-state index contributed by atoms with van der Waals surface area (Å²) in [5.41, 5.74) is 5.45.